The number of amides is 1. The molecule has 10 nitrogen and oxygen atoms in total. The van der Waals surface area contributed by atoms with Gasteiger partial charge in [0.15, 0.2) is 5.65 Å². The molecule has 230 valence electrons. The van der Waals surface area contributed by atoms with Gasteiger partial charge in [0, 0.05) is 62.1 Å². The van der Waals surface area contributed by atoms with Crippen molar-refractivity contribution in [1.82, 2.24) is 24.3 Å². The topological polar surface area (TPSA) is 105 Å². The van der Waals surface area contributed by atoms with E-state index in [9.17, 15) is 14.7 Å². The molecular formula is C34H40N6O4. The number of anilines is 1. The smallest absolute Gasteiger partial charge is 0.262 e. The molecule has 7 rings (SSSR count). The summed E-state index contributed by atoms with van der Waals surface area (Å²) in [5, 5.41) is 15.5. The summed E-state index contributed by atoms with van der Waals surface area (Å²) in [5.41, 5.74) is 2.57. The van der Waals surface area contributed by atoms with Crippen LogP contribution >= 0.6 is 0 Å². The molecule has 2 aromatic heterocycles. The summed E-state index contributed by atoms with van der Waals surface area (Å²) in [7, 11) is 0. The van der Waals surface area contributed by atoms with Crippen LogP contribution in [0.4, 0.5) is 5.69 Å². The van der Waals surface area contributed by atoms with Crippen LogP contribution in [0.5, 0.6) is 0 Å². The first-order chi connectivity index (χ1) is 21.5. The van der Waals surface area contributed by atoms with E-state index in [1.807, 2.05) is 46.0 Å². The van der Waals surface area contributed by atoms with E-state index in [2.05, 4.69) is 39.5 Å². The lowest BCUT2D eigenvalue weighted by atomic mass is 9.80. The van der Waals surface area contributed by atoms with Crippen molar-refractivity contribution < 1.29 is 14.6 Å². The summed E-state index contributed by atoms with van der Waals surface area (Å²) in [6.07, 6.45) is 5.06. The second-order valence-corrected chi connectivity index (χ2v) is 12.4. The number of carbonyl (C=O) groups is 1. The lowest BCUT2D eigenvalue weighted by molar-refractivity contribution is -0.141. The number of piperidine rings is 2. The summed E-state index contributed by atoms with van der Waals surface area (Å²) >= 11 is 0. The Morgan fingerprint density at radius 1 is 1.00 bits per heavy atom. The first kappa shape index (κ1) is 28.8. The molecule has 3 aliphatic rings. The Labute approximate surface area is 256 Å². The van der Waals surface area contributed by atoms with E-state index in [1.165, 1.54) is 10.1 Å². The van der Waals surface area contributed by atoms with Crippen LogP contribution in [0.15, 0.2) is 78.0 Å². The minimum atomic E-state index is -1.09. The zero-order valence-electron chi connectivity index (χ0n) is 25.0. The Hall–Kier alpha value is -3.99. The summed E-state index contributed by atoms with van der Waals surface area (Å²) < 4.78 is 8.95. The molecule has 2 atom stereocenters. The molecule has 3 aliphatic heterocycles. The van der Waals surface area contributed by atoms with Gasteiger partial charge in [-0.25, -0.2) is 4.98 Å². The van der Waals surface area contributed by atoms with E-state index in [-0.39, 0.29) is 29.8 Å². The number of nitrogens with zero attached hydrogens (tertiary/aromatic N) is 5. The van der Waals surface area contributed by atoms with Gasteiger partial charge in [0.25, 0.3) is 5.56 Å². The predicted octanol–water partition coefficient (Wildman–Crippen LogP) is 2.77. The fraction of sp³-hybridized carbons (Fsp3) is 0.441. The third kappa shape index (κ3) is 5.65. The minimum Gasteiger partial charge on any atom is -0.388 e. The summed E-state index contributed by atoms with van der Waals surface area (Å²) in [4.78, 5) is 36.1. The van der Waals surface area contributed by atoms with Crippen molar-refractivity contribution in [3.05, 3.63) is 89.1 Å². The molecule has 0 saturated carbocycles. The molecule has 0 aliphatic carbocycles. The fourth-order valence-corrected chi connectivity index (χ4v) is 7.09. The number of aromatic nitrogens is 3. The SMILES string of the molecule is O=C([C@@H]1CCNC[C@H]1c1ccccc1)N1CCC(O)(Cn2cnc3c(ccn3-c3cccc(N4CCOCC4)c3)c2=O)CC1. The monoisotopic (exact) mass is 596 g/mol. The van der Waals surface area contributed by atoms with E-state index in [0.29, 0.717) is 50.2 Å². The van der Waals surface area contributed by atoms with Gasteiger partial charge in [-0.15, -0.1) is 0 Å². The number of likely N-dealkylation sites (tertiary alicyclic amines) is 1. The number of fused-ring (bicyclic) bond motifs is 1. The molecule has 4 aromatic rings. The normalized spacial score (nSPS) is 22.3. The number of nitrogens with one attached hydrogen (secondary N) is 1. The highest BCUT2D eigenvalue weighted by Gasteiger charge is 2.39. The molecule has 44 heavy (non-hydrogen) atoms. The Morgan fingerprint density at radius 3 is 2.57 bits per heavy atom. The van der Waals surface area contributed by atoms with Gasteiger partial charge in [0.1, 0.15) is 6.33 Å². The molecule has 2 N–H and O–H groups in total. The summed E-state index contributed by atoms with van der Waals surface area (Å²) in [6, 6.07) is 20.3. The maximum atomic E-state index is 13.7. The van der Waals surface area contributed by atoms with Crippen molar-refractivity contribution in [2.45, 2.75) is 37.3 Å². The molecule has 10 heteroatoms. The van der Waals surface area contributed by atoms with Gasteiger partial charge < -0.3 is 29.5 Å². The standard InChI is InChI=1S/C34H40N6O4/c41-32(28-9-13-35-22-30(28)25-5-2-1-3-6-25)38-15-11-34(43,12-16-38)23-39-24-36-31-29(33(39)42)10-14-40(31)27-8-4-7-26(21-27)37-17-19-44-20-18-37/h1-8,10,14,21,24,28,30,35,43H,9,11-13,15-20,22-23H2/t28-,30+/m1/s1. The van der Waals surface area contributed by atoms with Crippen LogP contribution in [0.1, 0.15) is 30.7 Å². The molecule has 0 spiro atoms. The highest BCUT2D eigenvalue weighted by atomic mass is 16.5. The zero-order chi connectivity index (χ0) is 30.1. The van der Waals surface area contributed by atoms with Gasteiger partial charge in [-0.2, -0.15) is 0 Å². The van der Waals surface area contributed by atoms with E-state index in [1.54, 1.807) is 12.4 Å². The number of rotatable bonds is 6. The quantitative estimate of drug-likeness (QED) is 0.353. The van der Waals surface area contributed by atoms with Crippen LogP contribution in [0.25, 0.3) is 16.7 Å². The van der Waals surface area contributed by atoms with Crippen molar-refractivity contribution in [3.63, 3.8) is 0 Å². The number of benzene rings is 2. The Bertz CT molecular complexity index is 1670. The van der Waals surface area contributed by atoms with Crippen LogP contribution in [0, 0.1) is 5.92 Å². The second-order valence-electron chi connectivity index (χ2n) is 12.4. The third-order valence-corrected chi connectivity index (χ3v) is 9.65. The molecule has 0 bridgehead atoms. The molecule has 5 heterocycles. The average molecular weight is 597 g/mol. The van der Waals surface area contributed by atoms with Gasteiger partial charge in [-0.05, 0) is 55.6 Å². The molecular weight excluding hydrogens is 556 g/mol. The summed E-state index contributed by atoms with van der Waals surface area (Å²) in [5.74, 6) is 0.239. The first-order valence-electron chi connectivity index (χ1n) is 15.8. The number of hydrogen-bond donors (Lipinski definition) is 2. The van der Waals surface area contributed by atoms with Crippen molar-refractivity contribution in [1.29, 1.82) is 0 Å². The van der Waals surface area contributed by atoms with Crippen LogP contribution in [-0.2, 0) is 16.1 Å². The van der Waals surface area contributed by atoms with Gasteiger partial charge in [-0.1, -0.05) is 36.4 Å². The van der Waals surface area contributed by atoms with Gasteiger partial charge >= 0.3 is 0 Å². The Morgan fingerprint density at radius 2 is 1.77 bits per heavy atom. The van der Waals surface area contributed by atoms with Crippen molar-refractivity contribution in [3.8, 4) is 5.69 Å². The molecule has 3 fully saturated rings. The van der Waals surface area contributed by atoms with Gasteiger partial charge in [-0.3, -0.25) is 14.2 Å². The summed E-state index contributed by atoms with van der Waals surface area (Å²) in [6.45, 7) is 5.84. The van der Waals surface area contributed by atoms with Crippen molar-refractivity contribution in [2.75, 3.05) is 57.4 Å². The van der Waals surface area contributed by atoms with Crippen LogP contribution in [0.3, 0.4) is 0 Å². The van der Waals surface area contributed by atoms with Crippen LogP contribution in [-0.4, -0.2) is 88.1 Å². The molecule has 1 amide bonds. The van der Waals surface area contributed by atoms with Crippen molar-refractivity contribution in [2.24, 2.45) is 5.92 Å². The Balaban J connectivity index is 1.04. The lowest BCUT2D eigenvalue weighted by Gasteiger charge is -2.41. The number of hydrogen-bond acceptors (Lipinski definition) is 7. The van der Waals surface area contributed by atoms with E-state index in [0.717, 1.165) is 44.0 Å². The van der Waals surface area contributed by atoms with E-state index < -0.39 is 5.60 Å². The maximum Gasteiger partial charge on any atom is 0.262 e. The molecule has 0 radical (unpaired) electrons. The van der Waals surface area contributed by atoms with Crippen LogP contribution in [0.2, 0.25) is 0 Å². The molecule has 0 unspecified atom stereocenters. The molecule has 2 aromatic carbocycles. The maximum absolute atomic E-state index is 13.7. The average Bonchev–Trinajstić information content (AvgIpc) is 3.52. The first-order valence-corrected chi connectivity index (χ1v) is 15.8. The Kier molecular flexibility index (Phi) is 7.97. The number of carbonyl (C=O) groups excluding carboxylic acids is 1. The lowest BCUT2D eigenvalue weighted by Crippen LogP contribution is -2.52. The van der Waals surface area contributed by atoms with Gasteiger partial charge in [0.2, 0.25) is 5.91 Å². The minimum absolute atomic E-state index is 0.0716. The van der Waals surface area contributed by atoms with E-state index in [4.69, 9.17) is 4.74 Å². The van der Waals surface area contributed by atoms with Crippen LogP contribution < -0.4 is 15.8 Å². The van der Waals surface area contributed by atoms with Crippen molar-refractivity contribution >= 4 is 22.6 Å². The highest BCUT2D eigenvalue weighted by molar-refractivity contribution is 5.80. The van der Waals surface area contributed by atoms with E-state index >= 15 is 0 Å². The number of morpholine rings is 1. The number of ether oxygens (including phenoxy) is 1. The van der Waals surface area contributed by atoms with Gasteiger partial charge in [0.05, 0.1) is 30.7 Å². The zero-order valence-corrected chi connectivity index (χ0v) is 25.0. The third-order valence-electron chi connectivity index (χ3n) is 9.65. The predicted molar refractivity (Wildman–Crippen MR) is 169 cm³/mol. The number of aliphatic hydroxyl groups is 1. The largest absolute Gasteiger partial charge is 0.388 e. The highest BCUT2D eigenvalue weighted by Crippen LogP contribution is 2.33. The molecule has 3 saturated heterocycles. The fourth-order valence-electron chi connectivity index (χ4n) is 7.09. The second kappa shape index (κ2) is 12.2.